The van der Waals surface area contributed by atoms with Crippen LogP contribution in [-0.4, -0.2) is 44.3 Å². The molecule has 0 unspecified atom stereocenters. The molecule has 3 aromatic carbocycles. The molecule has 0 aliphatic carbocycles. The first-order valence-electron chi connectivity index (χ1n) is 12.8. The van der Waals surface area contributed by atoms with Crippen LogP contribution in [0, 0.1) is 19.8 Å². The summed E-state index contributed by atoms with van der Waals surface area (Å²) in [6.45, 7) is 9.70. The molecule has 0 radical (unpaired) electrons. The van der Waals surface area contributed by atoms with Gasteiger partial charge in [-0.25, -0.2) is 8.42 Å². The maximum absolute atomic E-state index is 13.9. The fraction of sp³-hybridized carbons (Fsp3) is 0.333. The summed E-state index contributed by atoms with van der Waals surface area (Å²) >= 11 is 0. The molecular formula is C30H37N3O4S. The molecule has 8 heteroatoms. The van der Waals surface area contributed by atoms with Gasteiger partial charge in [0.2, 0.25) is 11.8 Å². The van der Waals surface area contributed by atoms with Crippen LogP contribution in [0.1, 0.15) is 37.5 Å². The Hall–Kier alpha value is -3.65. The lowest BCUT2D eigenvalue weighted by atomic mass is 10.1. The molecule has 1 N–H and O–H groups in total. The van der Waals surface area contributed by atoms with Crippen LogP contribution in [0.5, 0.6) is 0 Å². The average Bonchev–Trinajstić information content (AvgIpc) is 2.89. The molecule has 202 valence electrons. The molecule has 2 amide bonds. The highest BCUT2D eigenvalue weighted by Gasteiger charge is 2.32. The van der Waals surface area contributed by atoms with E-state index in [0.29, 0.717) is 12.2 Å². The molecule has 38 heavy (non-hydrogen) atoms. The highest BCUT2D eigenvalue weighted by atomic mass is 32.2. The number of hydrogen-bond acceptors (Lipinski definition) is 4. The summed E-state index contributed by atoms with van der Waals surface area (Å²) in [5.74, 6) is -0.508. The van der Waals surface area contributed by atoms with Crippen LogP contribution in [-0.2, 0) is 26.2 Å². The van der Waals surface area contributed by atoms with E-state index in [9.17, 15) is 18.0 Å². The van der Waals surface area contributed by atoms with Crippen molar-refractivity contribution in [1.29, 1.82) is 0 Å². The van der Waals surface area contributed by atoms with Gasteiger partial charge in [-0.05, 0) is 56.5 Å². The number of carbonyl (C=O) groups excluding carboxylic acids is 2. The molecule has 1 atom stereocenters. The van der Waals surface area contributed by atoms with Crippen molar-refractivity contribution in [1.82, 2.24) is 10.2 Å². The molecule has 0 aromatic heterocycles. The second kappa shape index (κ2) is 12.7. The smallest absolute Gasteiger partial charge is 0.264 e. The SMILES string of the molecule is Cc1ccc(S(=O)(=O)N(CC(=O)N(Cc2cccc(C)c2)[C@@H](C)C(=O)NCC(C)C)c2ccccc2)cc1. The second-order valence-electron chi connectivity index (χ2n) is 9.99. The van der Waals surface area contributed by atoms with Gasteiger partial charge in [0.15, 0.2) is 0 Å². The highest BCUT2D eigenvalue weighted by Crippen LogP contribution is 2.24. The van der Waals surface area contributed by atoms with E-state index >= 15 is 0 Å². The second-order valence-corrected chi connectivity index (χ2v) is 11.8. The van der Waals surface area contributed by atoms with E-state index in [4.69, 9.17) is 0 Å². The van der Waals surface area contributed by atoms with Crippen molar-refractivity contribution in [3.63, 3.8) is 0 Å². The lowest BCUT2D eigenvalue weighted by molar-refractivity contribution is -0.139. The number of hydrogen-bond donors (Lipinski definition) is 1. The van der Waals surface area contributed by atoms with Gasteiger partial charge < -0.3 is 10.2 Å². The minimum Gasteiger partial charge on any atom is -0.354 e. The quantitative estimate of drug-likeness (QED) is 0.386. The van der Waals surface area contributed by atoms with Crippen LogP contribution >= 0.6 is 0 Å². The monoisotopic (exact) mass is 535 g/mol. The molecule has 0 aliphatic heterocycles. The zero-order chi connectivity index (χ0) is 27.9. The Bertz CT molecular complexity index is 1340. The van der Waals surface area contributed by atoms with Crippen molar-refractivity contribution in [3.8, 4) is 0 Å². The molecule has 0 bridgehead atoms. The minimum atomic E-state index is -4.06. The van der Waals surface area contributed by atoms with E-state index in [2.05, 4.69) is 5.32 Å². The van der Waals surface area contributed by atoms with Crippen LogP contribution in [0.2, 0.25) is 0 Å². The number of sulfonamides is 1. The molecule has 0 spiro atoms. The third-order valence-electron chi connectivity index (χ3n) is 6.22. The van der Waals surface area contributed by atoms with Crippen molar-refractivity contribution < 1.29 is 18.0 Å². The lowest BCUT2D eigenvalue weighted by Crippen LogP contribution is -2.51. The number of rotatable bonds is 11. The van der Waals surface area contributed by atoms with Gasteiger partial charge in [-0.1, -0.05) is 79.6 Å². The zero-order valence-corrected chi connectivity index (χ0v) is 23.5. The standard InChI is InChI=1S/C30H37N3O4S/c1-22(2)19-31-30(35)25(5)32(20-26-11-9-10-24(4)18-26)29(34)21-33(27-12-7-6-8-13-27)38(36,37)28-16-14-23(3)15-17-28/h6-18,22,25H,19-21H2,1-5H3,(H,31,35)/t25-/m0/s1. The van der Waals surface area contributed by atoms with Crippen LogP contribution in [0.25, 0.3) is 0 Å². The first-order valence-corrected chi connectivity index (χ1v) is 14.2. The van der Waals surface area contributed by atoms with Gasteiger partial charge in [-0.2, -0.15) is 0 Å². The Labute approximate surface area is 226 Å². The molecule has 3 aromatic rings. The predicted octanol–water partition coefficient (Wildman–Crippen LogP) is 4.69. The fourth-order valence-electron chi connectivity index (χ4n) is 4.00. The van der Waals surface area contributed by atoms with Gasteiger partial charge in [0.1, 0.15) is 12.6 Å². The van der Waals surface area contributed by atoms with Crippen LogP contribution in [0.15, 0.2) is 83.8 Å². The Morgan fingerprint density at radius 1 is 0.842 bits per heavy atom. The molecule has 0 fully saturated rings. The number of nitrogens with one attached hydrogen (secondary N) is 1. The van der Waals surface area contributed by atoms with Gasteiger partial charge in [0.05, 0.1) is 10.6 Å². The zero-order valence-electron chi connectivity index (χ0n) is 22.7. The van der Waals surface area contributed by atoms with Gasteiger partial charge >= 0.3 is 0 Å². The first-order chi connectivity index (χ1) is 18.0. The normalized spacial score (nSPS) is 12.2. The van der Waals surface area contributed by atoms with E-state index in [1.54, 1.807) is 49.4 Å². The molecule has 0 saturated carbocycles. The topological polar surface area (TPSA) is 86.8 Å². The first kappa shape index (κ1) is 28.9. The number of anilines is 1. The maximum Gasteiger partial charge on any atom is 0.264 e. The molecular weight excluding hydrogens is 498 g/mol. The molecule has 3 rings (SSSR count). The van der Waals surface area contributed by atoms with E-state index in [-0.39, 0.29) is 23.3 Å². The molecule has 0 heterocycles. The summed E-state index contributed by atoms with van der Waals surface area (Å²) < 4.78 is 28.6. The van der Waals surface area contributed by atoms with Crippen molar-refractivity contribution in [2.24, 2.45) is 5.92 Å². The number of amides is 2. The maximum atomic E-state index is 13.9. The van der Waals surface area contributed by atoms with Crippen LogP contribution < -0.4 is 9.62 Å². The number of aryl methyl sites for hydroxylation is 2. The Kier molecular flexibility index (Phi) is 9.69. The van der Waals surface area contributed by atoms with E-state index in [0.717, 1.165) is 21.0 Å². The van der Waals surface area contributed by atoms with Crippen molar-refractivity contribution in [3.05, 3.63) is 95.6 Å². The lowest BCUT2D eigenvalue weighted by Gasteiger charge is -2.32. The third-order valence-corrected chi connectivity index (χ3v) is 8.01. The largest absolute Gasteiger partial charge is 0.354 e. The van der Waals surface area contributed by atoms with Crippen molar-refractivity contribution in [2.75, 3.05) is 17.4 Å². The van der Waals surface area contributed by atoms with Gasteiger partial charge in [0, 0.05) is 13.1 Å². The summed E-state index contributed by atoms with van der Waals surface area (Å²) in [4.78, 5) is 28.4. The van der Waals surface area contributed by atoms with Gasteiger partial charge in [-0.3, -0.25) is 13.9 Å². The Morgan fingerprint density at radius 2 is 1.50 bits per heavy atom. The summed E-state index contributed by atoms with van der Waals surface area (Å²) in [7, 11) is -4.06. The van der Waals surface area contributed by atoms with E-state index in [1.807, 2.05) is 52.0 Å². The summed E-state index contributed by atoms with van der Waals surface area (Å²) in [5, 5.41) is 2.90. The third kappa shape index (κ3) is 7.44. The predicted molar refractivity (Wildman–Crippen MR) is 151 cm³/mol. The van der Waals surface area contributed by atoms with Crippen LogP contribution in [0.3, 0.4) is 0 Å². The summed E-state index contributed by atoms with van der Waals surface area (Å²) in [6, 6.07) is 22.0. The number of nitrogens with zero attached hydrogens (tertiary/aromatic N) is 2. The Balaban J connectivity index is 1.98. The molecule has 0 saturated heterocycles. The summed E-state index contributed by atoms with van der Waals surface area (Å²) in [6.07, 6.45) is 0. The number of carbonyl (C=O) groups is 2. The van der Waals surface area contributed by atoms with Gasteiger partial charge in [0.25, 0.3) is 10.0 Å². The number of para-hydroxylation sites is 1. The van der Waals surface area contributed by atoms with Crippen molar-refractivity contribution in [2.45, 2.75) is 52.1 Å². The van der Waals surface area contributed by atoms with Crippen molar-refractivity contribution >= 4 is 27.5 Å². The van der Waals surface area contributed by atoms with E-state index in [1.165, 1.54) is 17.0 Å². The minimum absolute atomic E-state index is 0.0905. The summed E-state index contributed by atoms with van der Waals surface area (Å²) in [5.41, 5.74) is 3.18. The average molecular weight is 536 g/mol. The van der Waals surface area contributed by atoms with Gasteiger partial charge in [-0.15, -0.1) is 0 Å². The van der Waals surface area contributed by atoms with E-state index < -0.39 is 28.5 Å². The molecule has 0 aliphatic rings. The molecule has 7 nitrogen and oxygen atoms in total. The Morgan fingerprint density at radius 3 is 2.11 bits per heavy atom. The van der Waals surface area contributed by atoms with Crippen LogP contribution in [0.4, 0.5) is 5.69 Å². The highest BCUT2D eigenvalue weighted by molar-refractivity contribution is 7.92. The number of benzene rings is 3. The fourth-order valence-corrected chi connectivity index (χ4v) is 5.42.